The highest BCUT2D eigenvalue weighted by molar-refractivity contribution is 5.36. The van der Waals surface area contributed by atoms with E-state index >= 15 is 0 Å². The molecule has 0 aromatic heterocycles. The molecule has 0 nitrogen and oxygen atoms in total. The van der Waals surface area contributed by atoms with E-state index in [9.17, 15) is 0 Å². The second-order valence-electron chi connectivity index (χ2n) is 6.60. The second-order valence-corrected chi connectivity index (χ2v) is 6.60. The first-order valence-corrected chi connectivity index (χ1v) is 8.05. The first-order chi connectivity index (χ1) is 9.49. The van der Waals surface area contributed by atoms with Crippen LogP contribution in [-0.2, 0) is 0 Å². The lowest BCUT2D eigenvalue weighted by Crippen LogP contribution is -2.23. The lowest BCUT2D eigenvalue weighted by molar-refractivity contribution is 0.184. The van der Waals surface area contributed by atoms with E-state index in [-0.39, 0.29) is 0 Å². The minimum atomic E-state index is 0.409. The van der Waals surface area contributed by atoms with Crippen molar-refractivity contribution >= 4 is 0 Å². The van der Waals surface area contributed by atoms with Crippen LogP contribution in [0.4, 0.5) is 0 Å². The SMILES string of the molecule is CCCC(CC#Cc1cccc(C)c1)C(C)(C)CCC. The highest BCUT2D eigenvalue weighted by atomic mass is 14.3. The van der Waals surface area contributed by atoms with Gasteiger partial charge in [-0.25, -0.2) is 0 Å². The zero-order valence-electron chi connectivity index (χ0n) is 13.9. The topological polar surface area (TPSA) is 0 Å². The third-order valence-corrected chi connectivity index (χ3v) is 4.24. The molecule has 1 atom stereocenters. The fourth-order valence-electron chi connectivity index (χ4n) is 2.97. The Bertz CT molecular complexity index is 456. The van der Waals surface area contributed by atoms with Crippen LogP contribution in [-0.4, -0.2) is 0 Å². The van der Waals surface area contributed by atoms with Gasteiger partial charge in [-0.15, -0.1) is 0 Å². The first-order valence-electron chi connectivity index (χ1n) is 8.05. The van der Waals surface area contributed by atoms with E-state index in [0.717, 1.165) is 12.0 Å². The van der Waals surface area contributed by atoms with E-state index in [0.29, 0.717) is 11.3 Å². The number of aryl methyl sites for hydroxylation is 1. The highest BCUT2D eigenvalue weighted by Crippen LogP contribution is 2.37. The fourth-order valence-corrected chi connectivity index (χ4v) is 2.97. The van der Waals surface area contributed by atoms with Crippen molar-refractivity contribution in [2.24, 2.45) is 11.3 Å². The molecule has 0 spiro atoms. The molecule has 0 amide bonds. The van der Waals surface area contributed by atoms with Gasteiger partial charge in [0.2, 0.25) is 0 Å². The van der Waals surface area contributed by atoms with Crippen molar-refractivity contribution in [1.29, 1.82) is 0 Å². The van der Waals surface area contributed by atoms with Crippen molar-refractivity contribution in [2.45, 2.75) is 66.7 Å². The average Bonchev–Trinajstić information content (AvgIpc) is 2.37. The summed E-state index contributed by atoms with van der Waals surface area (Å²) >= 11 is 0. The number of hydrogen-bond acceptors (Lipinski definition) is 0. The summed E-state index contributed by atoms with van der Waals surface area (Å²) in [6, 6.07) is 8.48. The maximum atomic E-state index is 3.43. The second kappa shape index (κ2) is 8.15. The third kappa shape index (κ3) is 5.41. The zero-order valence-corrected chi connectivity index (χ0v) is 13.9. The van der Waals surface area contributed by atoms with Gasteiger partial charge in [0.05, 0.1) is 0 Å². The van der Waals surface area contributed by atoms with Gasteiger partial charge in [0.15, 0.2) is 0 Å². The molecule has 1 aromatic rings. The smallest absolute Gasteiger partial charge is 0.0247 e. The van der Waals surface area contributed by atoms with Crippen LogP contribution in [0.1, 0.15) is 70.9 Å². The molecule has 110 valence electrons. The van der Waals surface area contributed by atoms with Crippen LogP contribution in [0.25, 0.3) is 0 Å². The van der Waals surface area contributed by atoms with Crippen LogP contribution >= 0.6 is 0 Å². The standard InChI is InChI=1S/C20H30/c1-6-10-19(20(4,5)15-7-2)14-9-13-18-12-8-11-17(3)16-18/h8,11-12,16,19H,6-7,10,14-15H2,1-5H3. The highest BCUT2D eigenvalue weighted by Gasteiger charge is 2.26. The molecule has 0 aliphatic carbocycles. The van der Waals surface area contributed by atoms with Gasteiger partial charge in [0, 0.05) is 12.0 Å². The Labute approximate surface area is 126 Å². The molecule has 0 N–H and O–H groups in total. The molecule has 1 unspecified atom stereocenters. The molecule has 0 heteroatoms. The molecule has 0 fully saturated rings. The van der Waals surface area contributed by atoms with E-state index < -0.39 is 0 Å². The number of rotatable bonds is 6. The Balaban J connectivity index is 2.73. The molecule has 0 saturated carbocycles. The van der Waals surface area contributed by atoms with Gasteiger partial charge in [-0.1, -0.05) is 64.5 Å². The minimum Gasteiger partial charge on any atom is -0.0976 e. The van der Waals surface area contributed by atoms with Crippen molar-refractivity contribution in [3.63, 3.8) is 0 Å². The third-order valence-electron chi connectivity index (χ3n) is 4.24. The van der Waals surface area contributed by atoms with E-state index in [1.54, 1.807) is 0 Å². The van der Waals surface area contributed by atoms with Crippen LogP contribution in [0.5, 0.6) is 0 Å². The molecule has 0 saturated heterocycles. The Morgan fingerprint density at radius 2 is 1.90 bits per heavy atom. The van der Waals surface area contributed by atoms with Crippen molar-refractivity contribution in [3.8, 4) is 11.8 Å². The van der Waals surface area contributed by atoms with Gasteiger partial charge in [-0.3, -0.25) is 0 Å². The molecule has 0 bridgehead atoms. The zero-order chi connectivity index (χ0) is 15.0. The summed E-state index contributed by atoms with van der Waals surface area (Å²) in [5.41, 5.74) is 2.84. The van der Waals surface area contributed by atoms with Crippen LogP contribution in [0.2, 0.25) is 0 Å². The summed E-state index contributed by atoms with van der Waals surface area (Å²) in [5.74, 6) is 7.48. The molecule has 20 heavy (non-hydrogen) atoms. The fraction of sp³-hybridized carbons (Fsp3) is 0.600. The minimum absolute atomic E-state index is 0.409. The summed E-state index contributed by atoms with van der Waals surface area (Å²) in [6.45, 7) is 11.5. The lowest BCUT2D eigenvalue weighted by Gasteiger charge is -2.33. The Kier molecular flexibility index (Phi) is 6.86. The molecule has 1 rings (SSSR count). The number of benzene rings is 1. The van der Waals surface area contributed by atoms with Crippen LogP contribution in [0.15, 0.2) is 24.3 Å². The predicted octanol–water partition coefficient (Wildman–Crippen LogP) is 5.98. The molecule has 1 aromatic carbocycles. The normalized spacial score (nSPS) is 12.7. The molecular formula is C20H30. The quantitative estimate of drug-likeness (QED) is 0.558. The van der Waals surface area contributed by atoms with Crippen LogP contribution < -0.4 is 0 Å². The van der Waals surface area contributed by atoms with E-state index in [1.165, 1.54) is 31.2 Å². The summed E-state index contributed by atoms with van der Waals surface area (Å²) in [6.07, 6.45) is 6.12. The van der Waals surface area contributed by atoms with Crippen LogP contribution in [0.3, 0.4) is 0 Å². The average molecular weight is 270 g/mol. The molecule has 0 heterocycles. The Morgan fingerprint density at radius 1 is 1.15 bits per heavy atom. The Morgan fingerprint density at radius 3 is 2.50 bits per heavy atom. The van der Waals surface area contributed by atoms with E-state index in [2.05, 4.69) is 70.7 Å². The Hall–Kier alpha value is -1.22. The summed E-state index contributed by atoms with van der Waals surface area (Å²) in [7, 11) is 0. The van der Waals surface area contributed by atoms with Crippen molar-refractivity contribution in [1.82, 2.24) is 0 Å². The maximum Gasteiger partial charge on any atom is 0.0247 e. The molecule has 0 aliphatic rings. The van der Waals surface area contributed by atoms with Gasteiger partial charge in [-0.05, 0) is 48.8 Å². The lowest BCUT2D eigenvalue weighted by atomic mass is 9.72. The van der Waals surface area contributed by atoms with E-state index in [4.69, 9.17) is 0 Å². The van der Waals surface area contributed by atoms with Gasteiger partial charge in [0.25, 0.3) is 0 Å². The van der Waals surface area contributed by atoms with Crippen molar-refractivity contribution in [3.05, 3.63) is 35.4 Å². The van der Waals surface area contributed by atoms with Crippen molar-refractivity contribution in [2.75, 3.05) is 0 Å². The largest absolute Gasteiger partial charge is 0.0976 e. The van der Waals surface area contributed by atoms with Crippen molar-refractivity contribution < 1.29 is 0 Å². The van der Waals surface area contributed by atoms with Gasteiger partial charge in [-0.2, -0.15) is 0 Å². The van der Waals surface area contributed by atoms with Gasteiger partial charge < -0.3 is 0 Å². The molecule has 0 aliphatic heterocycles. The monoisotopic (exact) mass is 270 g/mol. The van der Waals surface area contributed by atoms with Gasteiger partial charge in [0.1, 0.15) is 0 Å². The van der Waals surface area contributed by atoms with Gasteiger partial charge >= 0.3 is 0 Å². The summed E-state index contributed by atoms with van der Waals surface area (Å²) < 4.78 is 0. The molecule has 0 radical (unpaired) electrons. The predicted molar refractivity (Wildman–Crippen MR) is 89.8 cm³/mol. The first kappa shape index (κ1) is 16.8. The van der Waals surface area contributed by atoms with Crippen LogP contribution in [0, 0.1) is 30.1 Å². The summed E-state index contributed by atoms with van der Waals surface area (Å²) in [5, 5.41) is 0. The maximum absolute atomic E-state index is 3.43. The number of hydrogen-bond donors (Lipinski definition) is 0. The summed E-state index contributed by atoms with van der Waals surface area (Å²) in [4.78, 5) is 0. The van der Waals surface area contributed by atoms with E-state index in [1.807, 2.05) is 0 Å². The molecular weight excluding hydrogens is 240 g/mol.